The minimum atomic E-state index is -0.479. The van der Waals surface area contributed by atoms with Gasteiger partial charge in [0, 0.05) is 43.0 Å². The summed E-state index contributed by atoms with van der Waals surface area (Å²) in [5, 5.41) is 0.590. The molecule has 3 rings (SSSR count). The van der Waals surface area contributed by atoms with Gasteiger partial charge >= 0.3 is 0 Å². The number of halogens is 1. The van der Waals surface area contributed by atoms with E-state index in [9.17, 15) is 9.59 Å². The Morgan fingerprint density at radius 2 is 2.04 bits per heavy atom. The molecule has 1 aromatic carbocycles. The minimum absolute atomic E-state index is 0.0817. The quantitative estimate of drug-likeness (QED) is 0.738. The van der Waals surface area contributed by atoms with Crippen LogP contribution in [0.25, 0.3) is 0 Å². The lowest BCUT2D eigenvalue weighted by Gasteiger charge is -2.42. The predicted molar refractivity (Wildman–Crippen MR) is 106 cm³/mol. The number of hydrogen-bond acceptors (Lipinski definition) is 5. The summed E-state index contributed by atoms with van der Waals surface area (Å²) < 4.78 is 11.3. The van der Waals surface area contributed by atoms with Gasteiger partial charge in [-0.25, -0.2) is 0 Å². The van der Waals surface area contributed by atoms with E-state index in [0.29, 0.717) is 50.2 Å². The lowest BCUT2D eigenvalue weighted by molar-refractivity contribution is -0.139. The van der Waals surface area contributed by atoms with Gasteiger partial charge in [-0.05, 0) is 31.0 Å². The summed E-state index contributed by atoms with van der Waals surface area (Å²) in [5.41, 5.74) is 5.05. The van der Waals surface area contributed by atoms with Gasteiger partial charge in [0.2, 0.25) is 11.8 Å². The van der Waals surface area contributed by atoms with E-state index in [1.165, 1.54) is 0 Å². The fourth-order valence-electron chi connectivity index (χ4n) is 3.95. The molecule has 0 aliphatic carbocycles. The van der Waals surface area contributed by atoms with Crippen molar-refractivity contribution in [3.8, 4) is 5.75 Å². The third-order valence-corrected chi connectivity index (χ3v) is 5.60. The third-order valence-electron chi connectivity index (χ3n) is 5.37. The van der Waals surface area contributed by atoms with E-state index >= 15 is 0 Å². The number of likely N-dealkylation sites (tertiary alicyclic amines) is 1. The van der Waals surface area contributed by atoms with Gasteiger partial charge in [0.25, 0.3) is 0 Å². The molecular formula is C20H28ClN3O4. The summed E-state index contributed by atoms with van der Waals surface area (Å²) in [5.74, 6) is 0.350. The number of rotatable bonds is 7. The molecule has 1 aromatic rings. The van der Waals surface area contributed by atoms with Crippen molar-refractivity contribution in [1.29, 1.82) is 0 Å². The molecule has 0 saturated carbocycles. The molecule has 2 N–H and O–H groups in total. The Hall–Kier alpha value is -1.83. The molecule has 2 saturated heterocycles. The molecule has 8 heteroatoms. The van der Waals surface area contributed by atoms with Crippen LogP contribution in [0.5, 0.6) is 5.75 Å². The number of ether oxygens (including phenoxy) is 2. The highest BCUT2D eigenvalue weighted by Crippen LogP contribution is 2.34. The monoisotopic (exact) mass is 409 g/mol. The standard InChI is InChI=1S/C20H28ClN3O4/c21-16-3-1-4-17(11-16)28-15-20(12-18(22)25)5-2-6-24(14-20)19(26)13-23-7-9-27-10-8-23/h1,3-4,11H,2,5-10,12-15H2,(H2,22,25)/t20-/m1/s1. The number of nitrogens with zero attached hydrogens (tertiary/aromatic N) is 2. The van der Waals surface area contributed by atoms with Crippen molar-refractivity contribution in [2.75, 3.05) is 52.5 Å². The number of carbonyl (C=O) groups excluding carboxylic acids is 2. The van der Waals surface area contributed by atoms with Gasteiger partial charge in [0.1, 0.15) is 5.75 Å². The third kappa shape index (κ3) is 5.83. The molecule has 2 aliphatic rings. The average Bonchev–Trinajstić information content (AvgIpc) is 2.67. The van der Waals surface area contributed by atoms with Crippen LogP contribution in [-0.4, -0.2) is 74.2 Å². The first-order valence-electron chi connectivity index (χ1n) is 9.70. The molecular weight excluding hydrogens is 382 g/mol. The molecule has 0 aromatic heterocycles. The van der Waals surface area contributed by atoms with Crippen LogP contribution in [0.1, 0.15) is 19.3 Å². The second-order valence-electron chi connectivity index (χ2n) is 7.70. The van der Waals surface area contributed by atoms with Crippen molar-refractivity contribution < 1.29 is 19.1 Å². The maximum absolute atomic E-state index is 12.8. The molecule has 2 amide bonds. The number of hydrogen-bond donors (Lipinski definition) is 1. The number of benzene rings is 1. The SMILES string of the molecule is NC(=O)C[C@]1(COc2cccc(Cl)c2)CCCN(C(=O)CN2CCOCC2)C1. The van der Waals surface area contributed by atoms with Crippen molar-refractivity contribution in [2.24, 2.45) is 11.1 Å². The average molecular weight is 410 g/mol. The highest BCUT2D eigenvalue weighted by molar-refractivity contribution is 6.30. The summed E-state index contributed by atoms with van der Waals surface area (Å²) in [6.45, 7) is 4.72. The Labute approximate surface area is 170 Å². The van der Waals surface area contributed by atoms with E-state index in [0.717, 1.165) is 25.9 Å². The zero-order chi connectivity index (χ0) is 20.0. The maximum atomic E-state index is 12.8. The molecule has 7 nitrogen and oxygen atoms in total. The van der Waals surface area contributed by atoms with E-state index in [4.69, 9.17) is 26.8 Å². The van der Waals surface area contributed by atoms with Crippen molar-refractivity contribution in [3.05, 3.63) is 29.3 Å². The molecule has 154 valence electrons. The zero-order valence-electron chi connectivity index (χ0n) is 16.1. The number of amides is 2. The second kappa shape index (κ2) is 9.58. The van der Waals surface area contributed by atoms with Gasteiger partial charge < -0.3 is 20.1 Å². The largest absolute Gasteiger partial charge is 0.493 e. The Morgan fingerprint density at radius 3 is 2.75 bits per heavy atom. The van der Waals surface area contributed by atoms with Crippen molar-refractivity contribution in [3.63, 3.8) is 0 Å². The summed E-state index contributed by atoms with van der Waals surface area (Å²) in [4.78, 5) is 28.5. The molecule has 2 fully saturated rings. The first-order chi connectivity index (χ1) is 13.5. The van der Waals surface area contributed by atoms with Gasteiger partial charge in [0.15, 0.2) is 0 Å². The first-order valence-corrected chi connectivity index (χ1v) is 10.1. The number of morpholine rings is 1. The minimum Gasteiger partial charge on any atom is -0.493 e. The predicted octanol–water partition coefficient (Wildman–Crippen LogP) is 1.54. The first kappa shape index (κ1) is 20.9. The fraction of sp³-hybridized carbons (Fsp3) is 0.600. The van der Waals surface area contributed by atoms with Crippen LogP contribution in [0, 0.1) is 5.41 Å². The zero-order valence-corrected chi connectivity index (χ0v) is 16.8. The second-order valence-corrected chi connectivity index (χ2v) is 8.13. The van der Waals surface area contributed by atoms with Crippen molar-refractivity contribution >= 4 is 23.4 Å². The summed E-state index contributed by atoms with van der Waals surface area (Å²) in [6.07, 6.45) is 1.80. The fourth-order valence-corrected chi connectivity index (χ4v) is 4.13. The summed E-state index contributed by atoms with van der Waals surface area (Å²) >= 11 is 6.02. The molecule has 28 heavy (non-hydrogen) atoms. The molecule has 0 spiro atoms. The van der Waals surface area contributed by atoms with E-state index in [1.807, 2.05) is 17.0 Å². The molecule has 1 atom stereocenters. The normalized spacial score (nSPS) is 23.4. The van der Waals surface area contributed by atoms with E-state index in [1.54, 1.807) is 12.1 Å². The Bertz CT molecular complexity index is 696. The summed E-state index contributed by atoms with van der Waals surface area (Å²) in [6, 6.07) is 7.16. The Balaban J connectivity index is 1.65. The van der Waals surface area contributed by atoms with Gasteiger partial charge in [-0.1, -0.05) is 17.7 Å². The van der Waals surface area contributed by atoms with Gasteiger partial charge in [0.05, 0.1) is 26.4 Å². The lowest BCUT2D eigenvalue weighted by Crippen LogP contribution is -2.53. The topological polar surface area (TPSA) is 85.1 Å². The molecule has 2 heterocycles. The summed E-state index contributed by atoms with van der Waals surface area (Å²) in [7, 11) is 0. The van der Waals surface area contributed by atoms with Gasteiger partial charge in [-0.2, -0.15) is 0 Å². The Morgan fingerprint density at radius 1 is 1.25 bits per heavy atom. The van der Waals surface area contributed by atoms with Gasteiger partial charge in [-0.3, -0.25) is 14.5 Å². The molecule has 0 unspecified atom stereocenters. The van der Waals surface area contributed by atoms with Crippen LogP contribution in [-0.2, 0) is 14.3 Å². The smallest absolute Gasteiger partial charge is 0.236 e. The highest BCUT2D eigenvalue weighted by atomic mass is 35.5. The molecule has 2 aliphatic heterocycles. The van der Waals surface area contributed by atoms with Crippen molar-refractivity contribution in [2.45, 2.75) is 19.3 Å². The Kier molecular flexibility index (Phi) is 7.15. The van der Waals surface area contributed by atoms with Crippen LogP contribution in [0.15, 0.2) is 24.3 Å². The van der Waals surface area contributed by atoms with E-state index in [2.05, 4.69) is 4.90 Å². The van der Waals surface area contributed by atoms with Crippen LogP contribution in [0.4, 0.5) is 0 Å². The van der Waals surface area contributed by atoms with Crippen LogP contribution >= 0.6 is 11.6 Å². The van der Waals surface area contributed by atoms with E-state index < -0.39 is 5.41 Å². The number of carbonyl (C=O) groups is 2. The molecule has 0 bridgehead atoms. The van der Waals surface area contributed by atoms with Crippen LogP contribution in [0.2, 0.25) is 5.02 Å². The lowest BCUT2D eigenvalue weighted by atomic mass is 9.77. The highest BCUT2D eigenvalue weighted by Gasteiger charge is 2.39. The van der Waals surface area contributed by atoms with Crippen LogP contribution < -0.4 is 10.5 Å². The number of primary amides is 1. The maximum Gasteiger partial charge on any atom is 0.236 e. The van der Waals surface area contributed by atoms with Gasteiger partial charge in [-0.15, -0.1) is 0 Å². The van der Waals surface area contributed by atoms with Crippen molar-refractivity contribution in [1.82, 2.24) is 9.80 Å². The number of nitrogens with two attached hydrogens (primary N) is 1. The van der Waals surface area contributed by atoms with Crippen LogP contribution in [0.3, 0.4) is 0 Å². The molecule has 0 radical (unpaired) electrons. The number of piperidine rings is 1. The van der Waals surface area contributed by atoms with E-state index in [-0.39, 0.29) is 18.2 Å².